The molecule has 0 fully saturated rings. The van der Waals surface area contributed by atoms with Gasteiger partial charge in [0.05, 0.1) is 11.4 Å². The van der Waals surface area contributed by atoms with E-state index in [1.54, 1.807) is 18.2 Å². The van der Waals surface area contributed by atoms with Gasteiger partial charge in [0, 0.05) is 29.7 Å². The smallest absolute Gasteiger partial charge is 0.220 e. The highest BCUT2D eigenvalue weighted by molar-refractivity contribution is 5.70. The summed E-state index contributed by atoms with van der Waals surface area (Å²) in [6.07, 6.45) is 5.92. The molecule has 2 N–H and O–H groups in total. The summed E-state index contributed by atoms with van der Waals surface area (Å²) < 4.78 is 28.1. The number of anilines is 1. The van der Waals surface area contributed by atoms with Gasteiger partial charge in [-0.05, 0) is 42.3 Å². The molecular formula is C20H16F2N4. The summed E-state index contributed by atoms with van der Waals surface area (Å²) in [5.41, 5.74) is 9.97. The molecule has 1 atom stereocenters. The molecule has 2 heterocycles. The second kappa shape index (κ2) is 6.29. The summed E-state index contributed by atoms with van der Waals surface area (Å²) in [5, 5.41) is 0. The van der Waals surface area contributed by atoms with E-state index in [0.717, 1.165) is 22.5 Å². The zero-order valence-electron chi connectivity index (χ0n) is 14.1. The molecule has 0 bridgehead atoms. The van der Waals surface area contributed by atoms with Crippen LogP contribution >= 0.6 is 0 Å². The highest BCUT2D eigenvalue weighted by Gasteiger charge is 2.23. The van der Waals surface area contributed by atoms with Crippen molar-refractivity contribution in [2.75, 3.05) is 5.73 Å². The first-order chi connectivity index (χ1) is 12.5. The van der Waals surface area contributed by atoms with Gasteiger partial charge in [-0.3, -0.25) is 0 Å². The normalized spacial score (nSPS) is 15.7. The van der Waals surface area contributed by atoms with Crippen LogP contribution in [0.2, 0.25) is 0 Å². The molecule has 1 unspecified atom stereocenters. The van der Waals surface area contributed by atoms with Crippen molar-refractivity contribution in [3.05, 3.63) is 76.9 Å². The molecule has 26 heavy (non-hydrogen) atoms. The lowest BCUT2D eigenvalue weighted by atomic mass is 9.83. The number of hydrogen-bond acceptors (Lipinski definition) is 4. The maximum Gasteiger partial charge on any atom is 0.220 e. The van der Waals surface area contributed by atoms with E-state index in [0.29, 0.717) is 12.0 Å². The second-order valence-corrected chi connectivity index (χ2v) is 6.27. The van der Waals surface area contributed by atoms with Gasteiger partial charge < -0.3 is 5.73 Å². The second-order valence-electron chi connectivity index (χ2n) is 6.27. The van der Waals surface area contributed by atoms with Crippen molar-refractivity contribution in [3.63, 3.8) is 0 Å². The zero-order valence-corrected chi connectivity index (χ0v) is 14.1. The van der Waals surface area contributed by atoms with Crippen molar-refractivity contribution in [1.29, 1.82) is 0 Å². The van der Waals surface area contributed by atoms with Crippen LogP contribution in [-0.2, 0) is 6.42 Å². The van der Waals surface area contributed by atoms with Gasteiger partial charge in [0.15, 0.2) is 0 Å². The molecule has 0 amide bonds. The van der Waals surface area contributed by atoms with Crippen LogP contribution < -0.4 is 5.73 Å². The molecule has 0 spiro atoms. The lowest BCUT2D eigenvalue weighted by Crippen LogP contribution is -2.13. The van der Waals surface area contributed by atoms with Gasteiger partial charge >= 0.3 is 0 Å². The SMILES string of the molecule is Cc1nc(N)nc2c1C=CC(c1ccc(F)cc1-c1cccnc1F)C2. The molecule has 1 aliphatic carbocycles. The first-order valence-corrected chi connectivity index (χ1v) is 8.24. The number of hydrogen-bond donors (Lipinski definition) is 1. The van der Waals surface area contributed by atoms with Crippen molar-refractivity contribution in [2.45, 2.75) is 19.3 Å². The number of nitrogen functional groups attached to an aromatic ring is 1. The monoisotopic (exact) mass is 350 g/mol. The highest BCUT2D eigenvalue weighted by atomic mass is 19.1. The van der Waals surface area contributed by atoms with Gasteiger partial charge in [0.25, 0.3) is 0 Å². The van der Waals surface area contributed by atoms with Gasteiger partial charge in [-0.1, -0.05) is 18.2 Å². The third kappa shape index (κ3) is 2.83. The number of halogens is 2. The minimum Gasteiger partial charge on any atom is -0.368 e. The molecule has 1 aromatic carbocycles. The molecule has 0 aliphatic heterocycles. The van der Waals surface area contributed by atoms with Crippen molar-refractivity contribution in [2.24, 2.45) is 0 Å². The molecule has 1 aliphatic rings. The van der Waals surface area contributed by atoms with Crippen LogP contribution in [0.15, 0.2) is 42.6 Å². The lowest BCUT2D eigenvalue weighted by Gasteiger charge is -2.22. The van der Waals surface area contributed by atoms with Crippen LogP contribution in [0, 0.1) is 18.7 Å². The van der Waals surface area contributed by atoms with E-state index in [9.17, 15) is 8.78 Å². The van der Waals surface area contributed by atoms with Crippen molar-refractivity contribution < 1.29 is 8.78 Å². The van der Waals surface area contributed by atoms with Crippen LogP contribution in [0.25, 0.3) is 17.2 Å². The standard InChI is InChI=1S/C20H16F2N4/c1-11-14-6-4-12(9-18(14)26-20(23)25-11)15-7-5-13(21)10-17(15)16-3-2-8-24-19(16)22/h2-8,10,12H,9H2,1H3,(H2,23,25,26). The number of benzene rings is 1. The van der Waals surface area contributed by atoms with E-state index < -0.39 is 11.8 Å². The van der Waals surface area contributed by atoms with E-state index in [-0.39, 0.29) is 17.4 Å². The molecule has 4 rings (SSSR count). The molecule has 3 aromatic rings. The predicted octanol–water partition coefficient (Wildman–Crippen LogP) is 4.06. The summed E-state index contributed by atoms with van der Waals surface area (Å²) in [7, 11) is 0. The van der Waals surface area contributed by atoms with E-state index in [1.165, 1.54) is 18.3 Å². The van der Waals surface area contributed by atoms with E-state index in [1.807, 2.05) is 19.1 Å². The quantitative estimate of drug-likeness (QED) is 0.708. The molecule has 0 saturated heterocycles. The van der Waals surface area contributed by atoms with Crippen LogP contribution in [-0.4, -0.2) is 15.0 Å². The predicted molar refractivity (Wildman–Crippen MR) is 96.2 cm³/mol. The minimum atomic E-state index is -0.623. The fraction of sp³-hybridized carbons (Fsp3) is 0.150. The van der Waals surface area contributed by atoms with E-state index in [4.69, 9.17) is 5.73 Å². The Morgan fingerprint density at radius 2 is 1.96 bits per heavy atom. The Bertz CT molecular complexity index is 1030. The summed E-state index contributed by atoms with van der Waals surface area (Å²) in [6.45, 7) is 1.88. The lowest BCUT2D eigenvalue weighted by molar-refractivity contribution is 0.586. The molecule has 0 saturated carbocycles. The van der Waals surface area contributed by atoms with Crippen molar-refractivity contribution in [3.8, 4) is 11.1 Å². The largest absolute Gasteiger partial charge is 0.368 e. The number of aryl methyl sites for hydroxylation is 1. The number of pyridine rings is 1. The Kier molecular flexibility index (Phi) is 3.95. The number of nitrogens with two attached hydrogens (primary N) is 1. The van der Waals surface area contributed by atoms with Crippen molar-refractivity contribution in [1.82, 2.24) is 15.0 Å². The van der Waals surface area contributed by atoms with E-state index in [2.05, 4.69) is 15.0 Å². The number of fused-ring (bicyclic) bond motifs is 1. The van der Waals surface area contributed by atoms with Gasteiger partial charge in [-0.25, -0.2) is 19.3 Å². The Morgan fingerprint density at radius 1 is 1.12 bits per heavy atom. The minimum absolute atomic E-state index is 0.0774. The Hall–Kier alpha value is -3.15. The fourth-order valence-electron chi connectivity index (χ4n) is 3.41. The Labute approximate surface area is 149 Å². The highest BCUT2D eigenvalue weighted by Crippen LogP contribution is 2.37. The maximum atomic E-state index is 14.2. The molecule has 2 aromatic heterocycles. The van der Waals surface area contributed by atoms with Gasteiger partial charge in [-0.15, -0.1) is 0 Å². The average molecular weight is 350 g/mol. The molecule has 0 radical (unpaired) electrons. The van der Waals surface area contributed by atoms with Crippen LogP contribution in [0.5, 0.6) is 0 Å². The number of allylic oxidation sites excluding steroid dienone is 1. The zero-order chi connectivity index (χ0) is 18.3. The van der Waals surface area contributed by atoms with Crippen LogP contribution in [0.1, 0.15) is 28.4 Å². The first-order valence-electron chi connectivity index (χ1n) is 8.24. The number of rotatable bonds is 2. The van der Waals surface area contributed by atoms with Gasteiger partial charge in [0.1, 0.15) is 5.82 Å². The first kappa shape index (κ1) is 16.3. The van der Waals surface area contributed by atoms with Gasteiger partial charge in [0.2, 0.25) is 11.9 Å². The topological polar surface area (TPSA) is 64.7 Å². The summed E-state index contributed by atoms with van der Waals surface area (Å²) in [5.74, 6) is -0.893. The summed E-state index contributed by atoms with van der Waals surface area (Å²) in [6, 6.07) is 7.66. The molecular weight excluding hydrogens is 334 g/mol. The number of nitrogens with zero attached hydrogens (tertiary/aromatic N) is 3. The molecule has 4 nitrogen and oxygen atoms in total. The third-order valence-corrected chi connectivity index (χ3v) is 4.60. The van der Waals surface area contributed by atoms with E-state index >= 15 is 0 Å². The Balaban J connectivity index is 1.82. The molecule has 130 valence electrons. The summed E-state index contributed by atoms with van der Waals surface area (Å²) in [4.78, 5) is 12.2. The number of aromatic nitrogens is 3. The molecule has 6 heteroatoms. The fourth-order valence-corrected chi connectivity index (χ4v) is 3.41. The third-order valence-electron chi connectivity index (χ3n) is 4.60. The van der Waals surface area contributed by atoms with Crippen LogP contribution in [0.3, 0.4) is 0 Å². The van der Waals surface area contributed by atoms with Crippen molar-refractivity contribution >= 4 is 12.0 Å². The maximum absolute atomic E-state index is 14.2. The average Bonchev–Trinajstić information content (AvgIpc) is 2.61. The summed E-state index contributed by atoms with van der Waals surface area (Å²) >= 11 is 0. The van der Waals surface area contributed by atoms with Crippen LogP contribution in [0.4, 0.5) is 14.7 Å². The van der Waals surface area contributed by atoms with Gasteiger partial charge in [-0.2, -0.15) is 4.39 Å². The Morgan fingerprint density at radius 3 is 2.77 bits per heavy atom.